The van der Waals surface area contributed by atoms with Crippen LogP contribution in [0.1, 0.15) is 11.4 Å². The van der Waals surface area contributed by atoms with Crippen LogP contribution in [0.4, 0.5) is 0 Å². The molecule has 0 bridgehead atoms. The summed E-state index contributed by atoms with van der Waals surface area (Å²) < 4.78 is 12.0. The first-order valence-corrected chi connectivity index (χ1v) is 8.31. The first-order chi connectivity index (χ1) is 13.2. The number of fused-ring (bicyclic) bond motifs is 1. The van der Waals surface area contributed by atoms with Crippen molar-refractivity contribution in [3.05, 3.63) is 99.3 Å². The van der Waals surface area contributed by atoms with Crippen molar-refractivity contribution < 1.29 is 9.15 Å². The topological polar surface area (TPSA) is 87.2 Å². The zero-order chi connectivity index (χ0) is 18.6. The van der Waals surface area contributed by atoms with Crippen LogP contribution in [0.5, 0.6) is 5.75 Å². The fraction of sp³-hybridized carbons (Fsp3) is 0.100. The van der Waals surface area contributed by atoms with Gasteiger partial charge >= 0.3 is 5.76 Å². The lowest BCUT2D eigenvalue weighted by Gasteiger charge is -2.08. The summed E-state index contributed by atoms with van der Waals surface area (Å²) in [5.41, 5.74) is 1.12. The number of nitrogens with zero attached hydrogens (tertiary/aromatic N) is 3. The Morgan fingerprint density at radius 2 is 1.67 bits per heavy atom. The van der Waals surface area contributed by atoms with Gasteiger partial charge in [0.1, 0.15) is 17.9 Å². The van der Waals surface area contributed by atoms with Gasteiger partial charge in [-0.1, -0.05) is 12.1 Å². The summed E-state index contributed by atoms with van der Waals surface area (Å²) in [6.45, 7) is 0.323. The van der Waals surface area contributed by atoms with E-state index in [4.69, 9.17) is 9.15 Å². The maximum Gasteiger partial charge on any atom is 0.422 e. The number of pyridine rings is 2. The van der Waals surface area contributed by atoms with Gasteiger partial charge in [0.25, 0.3) is 5.56 Å². The normalized spacial score (nSPS) is 10.8. The molecule has 0 spiro atoms. The van der Waals surface area contributed by atoms with Gasteiger partial charge in [-0.25, -0.2) is 9.36 Å². The van der Waals surface area contributed by atoms with Gasteiger partial charge in [0, 0.05) is 18.5 Å². The molecule has 27 heavy (non-hydrogen) atoms. The molecule has 1 aromatic carbocycles. The average Bonchev–Trinajstić information content (AvgIpc) is 2.71. The Morgan fingerprint density at radius 1 is 0.926 bits per heavy atom. The fourth-order valence-electron chi connectivity index (χ4n) is 2.66. The third-order valence-corrected chi connectivity index (χ3v) is 4.01. The number of rotatable bonds is 5. The van der Waals surface area contributed by atoms with Crippen LogP contribution in [0.3, 0.4) is 0 Å². The lowest BCUT2D eigenvalue weighted by Crippen LogP contribution is -2.33. The van der Waals surface area contributed by atoms with Crippen molar-refractivity contribution >= 4 is 11.0 Å². The molecule has 0 aliphatic heterocycles. The molecule has 0 saturated heterocycles. The Kier molecular flexibility index (Phi) is 4.49. The largest absolute Gasteiger partial charge is 0.487 e. The lowest BCUT2D eigenvalue weighted by molar-refractivity contribution is 0.301. The molecule has 0 radical (unpaired) electrons. The van der Waals surface area contributed by atoms with E-state index in [9.17, 15) is 9.59 Å². The monoisotopic (exact) mass is 361 g/mol. The Bertz CT molecular complexity index is 1180. The van der Waals surface area contributed by atoms with Crippen LogP contribution < -0.4 is 16.1 Å². The van der Waals surface area contributed by atoms with E-state index in [1.807, 2.05) is 18.2 Å². The molecule has 0 atom stereocenters. The van der Waals surface area contributed by atoms with Gasteiger partial charge in [0.15, 0.2) is 0 Å². The second-order valence-electron chi connectivity index (χ2n) is 5.85. The van der Waals surface area contributed by atoms with Crippen molar-refractivity contribution in [2.24, 2.45) is 0 Å². The van der Waals surface area contributed by atoms with Crippen molar-refractivity contribution in [1.29, 1.82) is 0 Å². The van der Waals surface area contributed by atoms with Gasteiger partial charge in [-0.3, -0.25) is 14.8 Å². The molecule has 134 valence electrons. The molecule has 3 aromatic heterocycles. The number of hydrogen-bond acceptors (Lipinski definition) is 6. The van der Waals surface area contributed by atoms with Gasteiger partial charge in [-0.05, 0) is 36.4 Å². The molecule has 0 saturated carbocycles. The Balaban J connectivity index is 1.64. The van der Waals surface area contributed by atoms with E-state index < -0.39 is 11.3 Å². The molecule has 0 amide bonds. The molecule has 0 N–H and O–H groups in total. The maximum atomic E-state index is 12.7. The summed E-state index contributed by atoms with van der Waals surface area (Å²) in [5.74, 6) is -0.252. The second-order valence-corrected chi connectivity index (χ2v) is 5.85. The number of benzene rings is 1. The van der Waals surface area contributed by atoms with E-state index in [0.29, 0.717) is 16.8 Å². The number of aromatic nitrogens is 3. The minimum absolute atomic E-state index is 0.0515. The van der Waals surface area contributed by atoms with Gasteiger partial charge in [0.05, 0.1) is 23.3 Å². The molecular weight excluding hydrogens is 346 g/mol. The smallest absolute Gasteiger partial charge is 0.422 e. The first kappa shape index (κ1) is 16.7. The van der Waals surface area contributed by atoms with Crippen molar-refractivity contribution in [1.82, 2.24) is 14.5 Å². The lowest BCUT2D eigenvalue weighted by atomic mass is 10.2. The van der Waals surface area contributed by atoms with Crippen LogP contribution in [-0.4, -0.2) is 14.5 Å². The Labute approximate surface area is 153 Å². The second kappa shape index (κ2) is 7.25. The zero-order valence-corrected chi connectivity index (χ0v) is 14.2. The molecular formula is C20H15N3O4. The first-order valence-electron chi connectivity index (χ1n) is 8.31. The molecule has 0 unspecified atom stereocenters. The van der Waals surface area contributed by atoms with Crippen molar-refractivity contribution in [2.45, 2.75) is 13.2 Å². The number of ether oxygens (including phenoxy) is 1. The molecule has 0 fully saturated rings. The predicted molar refractivity (Wildman–Crippen MR) is 98.7 cm³/mol. The van der Waals surface area contributed by atoms with Crippen molar-refractivity contribution in [3.63, 3.8) is 0 Å². The minimum Gasteiger partial charge on any atom is -0.487 e. The summed E-state index contributed by atoms with van der Waals surface area (Å²) in [7, 11) is 0. The van der Waals surface area contributed by atoms with Crippen LogP contribution in [-0.2, 0) is 13.2 Å². The van der Waals surface area contributed by atoms with Gasteiger partial charge < -0.3 is 9.15 Å². The molecule has 4 aromatic rings. The Morgan fingerprint density at radius 3 is 2.37 bits per heavy atom. The van der Waals surface area contributed by atoms with Gasteiger partial charge in [-0.2, -0.15) is 0 Å². The summed E-state index contributed by atoms with van der Waals surface area (Å²) in [4.78, 5) is 33.3. The van der Waals surface area contributed by atoms with E-state index in [2.05, 4.69) is 9.97 Å². The quantitative estimate of drug-likeness (QED) is 0.542. The highest BCUT2D eigenvalue weighted by molar-refractivity contribution is 5.76. The van der Waals surface area contributed by atoms with Crippen molar-refractivity contribution in [2.75, 3.05) is 0 Å². The number of hydrogen-bond donors (Lipinski definition) is 0. The maximum absolute atomic E-state index is 12.7. The van der Waals surface area contributed by atoms with Gasteiger partial charge in [-0.15, -0.1) is 0 Å². The minimum atomic E-state index is -0.736. The SMILES string of the molecule is O=c1oc2cc(OCc3ccccn3)ccc2c(=O)n1Cc1ccccn1. The summed E-state index contributed by atoms with van der Waals surface area (Å²) in [5, 5.41) is 0.302. The third-order valence-electron chi connectivity index (χ3n) is 4.01. The van der Waals surface area contributed by atoms with E-state index in [1.165, 1.54) is 6.07 Å². The summed E-state index contributed by atoms with van der Waals surface area (Å²) in [6, 6.07) is 15.6. The van der Waals surface area contributed by atoms with E-state index in [-0.39, 0.29) is 18.7 Å². The predicted octanol–water partition coefficient (Wildman–Crippen LogP) is 2.37. The highest BCUT2D eigenvalue weighted by atomic mass is 16.5. The van der Waals surface area contributed by atoms with Crippen LogP contribution in [0.2, 0.25) is 0 Å². The van der Waals surface area contributed by atoms with E-state index >= 15 is 0 Å². The standard InChI is InChI=1S/C20H15N3O4/c24-19-17-8-7-16(26-13-15-6-2-4-10-22-15)11-18(17)27-20(25)23(19)12-14-5-1-3-9-21-14/h1-11H,12-13H2. The molecule has 0 aliphatic carbocycles. The molecule has 0 aliphatic rings. The highest BCUT2D eigenvalue weighted by Gasteiger charge is 2.12. The average molecular weight is 361 g/mol. The van der Waals surface area contributed by atoms with Crippen LogP contribution >= 0.6 is 0 Å². The van der Waals surface area contributed by atoms with Crippen LogP contribution in [0, 0.1) is 0 Å². The fourth-order valence-corrected chi connectivity index (χ4v) is 2.66. The molecule has 7 nitrogen and oxygen atoms in total. The molecule has 4 rings (SSSR count). The molecule has 3 heterocycles. The highest BCUT2D eigenvalue weighted by Crippen LogP contribution is 2.18. The van der Waals surface area contributed by atoms with E-state index in [0.717, 1.165) is 10.3 Å². The van der Waals surface area contributed by atoms with Crippen molar-refractivity contribution in [3.8, 4) is 5.75 Å². The van der Waals surface area contributed by atoms with Crippen LogP contribution in [0.15, 0.2) is 81.0 Å². The summed E-state index contributed by atoms with van der Waals surface area (Å²) >= 11 is 0. The van der Waals surface area contributed by atoms with Gasteiger partial charge in [0.2, 0.25) is 0 Å². The third kappa shape index (κ3) is 3.62. The van der Waals surface area contributed by atoms with Crippen LogP contribution in [0.25, 0.3) is 11.0 Å². The summed E-state index contributed by atoms with van der Waals surface area (Å²) in [6.07, 6.45) is 3.29. The zero-order valence-electron chi connectivity index (χ0n) is 14.2. The van der Waals surface area contributed by atoms with E-state index in [1.54, 1.807) is 42.7 Å². The Hall–Kier alpha value is -3.74. The molecule has 7 heteroatoms.